The van der Waals surface area contributed by atoms with Crippen molar-refractivity contribution < 1.29 is 47.9 Å². The molecule has 2 rings (SSSR count). The third kappa shape index (κ3) is 4.94. The molecule has 33 heavy (non-hydrogen) atoms. The Labute approximate surface area is 182 Å². The summed E-state index contributed by atoms with van der Waals surface area (Å²) in [6.07, 6.45) is -7.73. The van der Waals surface area contributed by atoms with Gasteiger partial charge in [-0.2, -0.15) is 47.9 Å². The van der Waals surface area contributed by atoms with E-state index in [0.717, 1.165) is 11.9 Å². The van der Waals surface area contributed by atoms with Crippen molar-refractivity contribution in [3.05, 3.63) is 66.2 Å². The van der Waals surface area contributed by atoms with Crippen LogP contribution in [0.2, 0.25) is 0 Å². The molecule has 14 heteroatoms. The lowest BCUT2D eigenvalue weighted by Gasteiger charge is -2.32. The highest BCUT2D eigenvalue weighted by atomic mass is 32.2. The fourth-order valence-electron chi connectivity index (χ4n) is 2.51. The largest absolute Gasteiger partial charge is 0.460 e. The minimum Gasteiger partial charge on any atom is -0.332 e. The number of para-hydroxylation sites is 1. The molecule has 0 aliphatic rings. The van der Waals surface area contributed by atoms with Gasteiger partial charge in [0.05, 0.1) is 0 Å². The van der Waals surface area contributed by atoms with E-state index >= 15 is 0 Å². The number of sulfonamides is 1. The number of hydrogen-bond donors (Lipinski definition) is 0. The van der Waals surface area contributed by atoms with Gasteiger partial charge in [0.2, 0.25) is 0 Å². The summed E-state index contributed by atoms with van der Waals surface area (Å²) in [5.41, 5.74) is 0.392. The second-order valence-corrected chi connectivity index (χ2v) is 8.35. The minimum atomic E-state index is -7.36. The minimum absolute atomic E-state index is 0.137. The molecule has 0 N–H and O–H groups in total. The van der Waals surface area contributed by atoms with Crippen LogP contribution >= 0.6 is 0 Å². The first-order chi connectivity index (χ1) is 15.0. The van der Waals surface area contributed by atoms with E-state index in [0.29, 0.717) is 0 Å². The maximum absolute atomic E-state index is 14.1. The van der Waals surface area contributed by atoms with E-state index in [4.69, 9.17) is 0 Å². The number of anilines is 1. The summed E-state index contributed by atoms with van der Waals surface area (Å²) in [6.45, 7) is 0. The fourth-order valence-corrected chi connectivity index (χ4v) is 3.54. The van der Waals surface area contributed by atoms with E-state index in [1.54, 1.807) is 6.07 Å². The van der Waals surface area contributed by atoms with E-state index in [2.05, 4.69) is 4.40 Å². The van der Waals surface area contributed by atoms with Gasteiger partial charge in [0.25, 0.3) is 0 Å². The van der Waals surface area contributed by atoms with Crippen LogP contribution in [0.5, 0.6) is 0 Å². The molecular formula is C19H15F9N2O2S. The summed E-state index contributed by atoms with van der Waals surface area (Å²) in [5, 5.41) is -6.90. The standard InChI is InChI=1S/C19H15F9N2O2S/c1-30(14-10-6-3-7-11-14)15(12-13-8-4-2-5-9-13)29-33(31,32)19(27,28)17(22,23)16(20,21)18(24,25)26/h2-11H,12H2,1H3. The van der Waals surface area contributed by atoms with E-state index in [1.807, 2.05) is 0 Å². The number of amidine groups is 1. The van der Waals surface area contributed by atoms with Crippen LogP contribution in [-0.2, 0) is 16.4 Å². The van der Waals surface area contributed by atoms with Gasteiger partial charge in [-0.15, -0.1) is 4.40 Å². The van der Waals surface area contributed by atoms with Crippen molar-refractivity contribution in [3.8, 4) is 0 Å². The van der Waals surface area contributed by atoms with Crippen molar-refractivity contribution >= 4 is 21.5 Å². The van der Waals surface area contributed by atoms with Crippen LogP contribution in [0.4, 0.5) is 45.2 Å². The summed E-state index contributed by atoms with van der Waals surface area (Å²) < 4.78 is 146. The summed E-state index contributed by atoms with van der Waals surface area (Å²) in [5.74, 6) is -15.6. The molecule has 0 amide bonds. The van der Waals surface area contributed by atoms with Crippen LogP contribution in [0.1, 0.15) is 5.56 Å². The first-order valence-corrected chi connectivity index (χ1v) is 10.3. The molecule has 0 aromatic heterocycles. The lowest BCUT2D eigenvalue weighted by atomic mass is 10.1. The molecule has 0 radical (unpaired) electrons. The van der Waals surface area contributed by atoms with Gasteiger partial charge in [-0.3, -0.25) is 0 Å². The van der Waals surface area contributed by atoms with Crippen molar-refractivity contribution in [2.75, 3.05) is 11.9 Å². The number of hydrogen-bond acceptors (Lipinski definition) is 2. The number of likely N-dealkylation sites (N-methyl/N-ethyl adjacent to an activating group) is 1. The van der Waals surface area contributed by atoms with Crippen molar-refractivity contribution in [2.24, 2.45) is 4.40 Å². The summed E-state index contributed by atoms with van der Waals surface area (Å²) in [6, 6.07) is 14.4. The van der Waals surface area contributed by atoms with Crippen LogP contribution < -0.4 is 4.90 Å². The van der Waals surface area contributed by atoms with Crippen molar-refractivity contribution in [3.63, 3.8) is 0 Å². The second-order valence-electron chi connectivity index (χ2n) is 6.70. The van der Waals surface area contributed by atoms with Gasteiger partial charge in [0, 0.05) is 19.2 Å². The molecule has 0 unspecified atom stereocenters. The van der Waals surface area contributed by atoms with Crippen molar-refractivity contribution in [1.29, 1.82) is 0 Å². The first-order valence-electron chi connectivity index (χ1n) is 8.82. The van der Waals surface area contributed by atoms with Crippen LogP contribution in [0.25, 0.3) is 0 Å². The Bertz CT molecular complexity index is 1090. The SMILES string of the molecule is CN(C(Cc1ccccc1)=NS(=O)(=O)C(F)(F)C(F)(F)C(F)(F)C(F)(F)F)c1ccccc1. The van der Waals surface area contributed by atoms with Gasteiger partial charge < -0.3 is 4.90 Å². The molecule has 0 aliphatic carbocycles. The number of halogens is 9. The Morgan fingerprint density at radius 1 is 0.788 bits per heavy atom. The predicted octanol–water partition coefficient (Wildman–Crippen LogP) is 5.52. The molecule has 0 atom stereocenters. The zero-order chi connectivity index (χ0) is 25.3. The van der Waals surface area contributed by atoms with Gasteiger partial charge in [0.1, 0.15) is 5.84 Å². The Kier molecular flexibility index (Phi) is 7.12. The van der Waals surface area contributed by atoms with Gasteiger partial charge >= 0.3 is 33.3 Å². The lowest BCUT2D eigenvalue weighted by Crippen LogP contribution is -2.63. The maximum Gasteiger partial charge on any atom is 0.460 e. The number of rotatable bonds is 7. The summed E-state index contributed by atoms with van der Waals surface area (Å²) in [4.78, 5) is 0.890. The quantitative estimate of drug-likeness (QED) is 0.282. The Hall–Kier alpha value is -2.77. The highest BCUT2D eigenvalue weighted by Gasteiger charge is 2.85. The van der Waals surface area contributed by atoms with Gasteiger partial charge in [0.15, 0.2) is 0 Å². The molecule has 0 heterocycles. The third-order valence-corrected chi connectivity index (χ3v) is 5.76. The molecule has 0 saturated heterocycles. The topological polar surface area (TPSA) is 49.7 Å². The third-order valence-electron chi connectivity index (χ3n) is 4.40. The summed E-state index contributed by atoms with van der Waals surface area (Å²) in [7, 11) is -5.83. The zero-order valence-electron chi connectivity index (χ0n) is 16.5. The number of alkyl halides is 9. The molecule has 0 fully saturated rings. The molecule has 2 aromatic rings. The summed E-state index contributed by atoms with van der Waals surface area (Å²) >= 11 is 0. The van der Waals surface area contributed by atoms with Crippen LogP contribution in [-0.4, -0.2) is 44.6 Å². The van der Waals surface area contributed by atoms with E-state index in [1.165, 1.54) is 54.6 Å². The molecule has 0 spiro atoms. The molecule has 2 aromatic carbocycles. The van der Waals surface area contributed by atoms with E-state index in [-0.39, 0.29) is 11.3 Å². The molecule has 0 aliphatic heterocycles. The molecule has 0 bridgehead atoms. The van der Waals surface area contributed by atoms with Crippen LogP contribution in [0.15, 0.2) is 65.1 Å². The van der Waals surface area contributed by atoms with Gasteiger partial charge in [-0.25, -0.2) is 0 Å². The average Bonchev–Trinajstić information content (AvgIpc) is 2.72. The Morgan fingerprint density at radius 3 is 1.70 bits per heavy atom. The molecule has 182 valence electrons. The van der Waals surface area contributed by atoms with Crippen LogP contribution in [0, 0.1) is 0 Å². The monoisotopic (exact) mass is 506 g/mol. The van der Waals surface area contributed by atoms with E-state index in [9.17, 15) is 47.9 Å². The molecule has 4 nitrogen and oxygen atoms in total. The number of nitrogens with zero attached hydrogens (tertiary/aromatic N) is 2. The smallest absolute Gasteiger partial charge is 0.332 e. The molecular weight excluding hydrogens is 491 g/mol. The van der Waals surface area contributed by atoms with Gasteiger partial charge in [-0.05, 0) is 17.7 Å². The maximum atomic E-state index is 14.1. The van der Waals surface area contributed by atoms with E-state index < -0.39 is 45.6 Å². The highest BCUT2D eigenvalue weighted by Crippen LogP contribution is 2.55. The Morgan fingerprint density at radius 2 is 1.24 bits per heavy atom. The lowest BCUT2D eigenvalue weighted by molar-refractivity contribution is -0.382. The zero-order valence-corrected chi connectivity index (χ0v) is 17.3. The van der Waals surface area contributed by atoms with Gasteiger partial charge in [-0.1, -0.05) is 48.5 Å². The van der Waals surface area contributed by atoms with Crippen LogP contribution in [0.3, 0.4) is 0 Å². The number of benzene rings is 2. The fraction of sp³-hybridized carbons (Fsp3) is 0.316. The highest BCUT2D eigenvalue weighted by molar-refractivity contribution is 7.91. The predicted molar refractivity (Wildman–Crippen MR) is 102 cm³/mol. The average molecular weight is 506 g/mol. The first kappa shape index (κ1) is 26.5. The van der Waals surface area contributed by atoms with Crippen molar-refractivity contribution in [1.82, 2.24) is 0 Å². The molecule has 0 saturated carbocycles. The Balaban J connectivity index is 2.63. The second kappa shape index (κ2) is 8.88. The normalized spacial score (nSPS) is 14.3. The van der Waals surface area contributed by atoms with Crippen molar-refractivity contribution in [2.45, 2.75) is 29.7 Å².